The van der Waals surface area contributed by atoms with Crippen molar-refractivity contribution in [2.75, 3.05) is 25.4 Å². The summed E-state index contributed by atoms with van der Waals surface area (Å²) >= 11 is 1.25. The van der Waals surface area contributed by atoms with Gasteiger partial charge in [-0.25, -0.2) is 22.6 Å². The molecule has 236 valence electrons. The number of halogens is 1. The highest BCUT2D eigenvalue weighted by Gasteiger charge is 2.53. The van der Waals surface area contributed by atoms with Crippen molar-refractivity contribution in [2.45, 2.75) is 74.9 Å². The maximum absolute atomic E-state index is 14.0. The number of carbonyl (C=O) groups is 1. The van der Waals surface area contributed by atoms with Crippen LogP contribution in [0.5, 0.6) is 0 Å². The van der Waals surface area contributed by atoms with E-state index in [9.17, 15) is 17.6 Å². The number of alkyl carbamates (subject to hydrolysis) is 1. The molecule has 3 bridgehead atoms. The molecule has 2 aliphatic heterocycles. The van der Waals surface area contributed by atoms with Crippen LogP contribution in [0.25, 0.3) is 10.2 Å². The summed E-state index contributed by atoms with van der Waals surface area (Å²) in [4.78, 5) is 17.7. The van der Waals surface area contributed by atoms with Crippen molar-refractivity contribution >= 4 is 42.8 Å². The van der Waals surface area contributed by atoms with E-state index in [-0.39, 0.29) is 41.0 Å². The molecule has 1 amide bonds. The predicted molar refractivity (Wildman–Crippen MR) is 163 cm³/mol. The molecule has 7 rings (SSSR count). The minimum absolute atomic E-state index is 0.0879. The molecule has 3 N–H and O–H groups in total. The van der Waals surface area contributed by atoms with Crippen molar-refractivity contribution in [2.24, 2.45) is 17.3 Å². The topological polar surface area (TPSA) is 133 Å². The number of hydrogen-bond acceptors (Lipinski definition) is 9. The summed E-state index contributed by atoms with van der Waals surface area (Å²) in [7, 11) is -3.87. The monoisotopic (exact) mass is 644 g/mol. The molecule has 2 aliphatic carbocycles. The standard InChI is InChI=1S/C31H37FN4O6S2/c1-31(9-10-31)17-36(44(38,39)23-6-7-24-26(15-23)43-29(33)35-24)11-8-22(12-18-2-4-21(32)5-3-18)34-30(37)42-27-20-13-19-14-25(27)41-28(19)40-16-20/h2-7,15,19-20,22,25,27-28H,8-14,16-17H2,1H3,(H2,33,35)(H,34,37)/t19?,20?,22-,25?,27?,28?/m1/s1. The third kappa shape index (κ3) is 6.17. The third-order valence-corrected chi connectivity index (χ3v) is 12.2. The van der Waals surface area contributed by atoms with Gasteiger partial charge < -0.3 is 25.3 Å². The first-order valence-corrected chi connectivity index (χ1v) is 17.5. The van der Waals surface area contributed by atoms with Crippen LogP contribution < -0.4 is 11.1 Å². The van der Waals surface area contributed by atoms with Crippen LogP contribution in [0.15, 0.2) is 47.4 Å². The lowest BCUT2D eigenvalue weighted by Gasteiger charge is -2.36. The highest BCUT2D eigenvalue weighted by molar-refractivity contribution is 7.89. The van der Waals surface area contributed by atoms with Gasteiger partial charge in [-0.15, -0.1) is 0 Å². The quantitative estimate of drug-likeness (QED) is 0.307. The van der Waals surface area contributed by atoms with Gasteiger partial charge in [-0.05, 0) is 79.8 Å². The normalized spacial score (nSPS) is 27.5. The second-order valence-corrected chi connectivity index (χ2v) is 16.0. The molecule has 6 atom stereocenters. The summed E-state index contributed by atoms with van der Waals surface area (Å²) in [6.45, 7) is 3.14. The molecule has 0 spiro atoms. The van der Waals surface area contributed by atoms with Crippen LogP contribution in [0.1, 0.15) is 44.6 Å². The van der Waals surface area contributed by atoms with Crippen LogP contribution in [-0.2, 0) is 30.7 Å². The number of thiazole rings is 1. The van der Waals surface area contributed by atoms with E-state index < -0.39 is 28.3 Å². The Balaban J connectivity index is 1.09. The fourth-order valence-electron chi connectivity index (χ4n) is 6.79. The van der Waals surface area contributed by atoms with Gasteiger partial charge in [0.25, 0.3) is 0 Å². The van der Waals surface area contributed by atoms with Crippen LogP contribution in [0.2, 0.25) is 0 Å². The summed E-state index contributed by atoms with van der Waals surface area (Å²) in [6.07, 6.45) is 2.96. The van der Waals surface area contributed by atoms with Gasteiger partial charge in [0.1, 0.15) is 11.9 Å². The number of fused-ring (bicyclic) bond motifs is 3. The van der Waals surface area contributed by atoms with Gasteiger partial charge in [0.15, 0.2) is 11.4 Å². The molecule has 10 nitrogen and oxygen atoms in total. The minimum atomic E-state index is -3.87. The number of hydrogen-bond donors (Lipinski definition) is 2. The van der Waals surface area contributed by atoms with E-state index >= 15 is 0 Å². The number of nitrogens with two attached hydrogens (primary N) is 1. The maximum Gasteiger partial charge on any atom is 0.407 e. The van der Waals surface area contributed by atoms with Crippen LogP contribution in [0, 0.1) is 23.1 Å². The molecule has 3 aromatic rings. The highest BCUT2D eigenvalue weighted by atomic mass is 32.2. The van der Waals surface area contributed by atoms with Crippen LogP contribution in [-0.4, -0.2) is 68.0 Å². The van der Waals surface area contributed by atoms with E-state index in [1.807, 2.05) is 0 Å². The summed E-state index contributed by atoms with van der Waals surface area (Å²) < 4.78 is 61.7. The van der Waals surface area contributed by atoms with E-state index in [0.717, 1.165) is 31.2 Å². The third-order valence-electron chi connectivity index (χ3n) is 9.50. The zero-order valence-electron chi connectivity index (χ0n) is 24.5. The number of ether oxygens (including phenoxy) is 3. The lowest BCUT2D eigenvalue weighted by Crippen LogP contribution is -2.48. The Bertz CT molecular complexity index is 1640. The van der Waals surface area contributed by atoms with Gasteiger partial charge in [-0.1, -0.05) is 30.4 Å². The molecule has 0 radical (unpaired) electrons. The van der Waals surface area contributed by atoms with Gasteiger partial charge in [0, 0.05) is 31.0 Å². The zero-order chi connectivity index (χ0) is 30.6. The highest BCUT2D eigenvalue weighted by Crippen LogP contribution is 2.47. The first-order valence-electron chi connectivity index (χ1n) is 15.2. The Labute approximate surface area is 260 Å². The average molecular weight is 645 g/mol. The van der Waals surface area contributed by atoms with Crippen molar-refractivity contribution in [3.8, 4) is 0 Å². The van der Waals surface area contributed by atoms with E-state index in [1.54, 1.807) is 30.3 Å². The predicted octanol–water partition coefficient (Wildman–Crippen LogP) is 4.69. The number of amides is 1. The number of carbonyl (C=O) groups excluding carboxylic acids is 1. The fourth-order valence-corrected chi connectivity index (χ4v) is 9.27. The molecule has 44 heavy (non-hydrogen) atoms. The molecule has 5 unspecified atom stereocenters. The van der Waals surface area contributed by atoms with Crippen LogP contribution in [0.4, 0.5) is 14.3 Å². The van der Waals surface area contributed by atoms with Crippen molar-refractivity contribution in [1.82, 2.24) is 14.6 Å². The number of nitrogens with one attached hydrogen (secondary N) is 1. The van der Waals surface area contributed by atoms with E-state index in [0.29, 0.717) is 47.3 Å². The van der Waals surface area contributed by atoms with Gasteiger partial charge in [0.05, 0.1) is 27.8 Å². The van der Waals surface area contributed by atoms with E-state index in [1.165, 1.54) is 27.8 Å². The van der Waals surface area contributed by atoms with E-state index in [4.69, 9.17) is 19.9 Å². The summed E-state index contributed by atoms with van der Waals surface area (Å²) in [5, 5.41) is 3.38. The van der Waals surface area contributed by atoms with Gasteiger partial charge in [0.2, 0.25) is 10.0 Å². The van der Waals surface area contributed by atoms with Gasteiger partial charge >= 0.3 is 6.09 Å². The molecular formula is C31H37FN4O6S2. The summed E-state index contributed by atoms with van der Waals surface area (Å²) in [6, 6.07) is 10.5. The maximum atomic E-state index is 14.0. The summed E-state index contributed by atoms with van der Waals surface area (Å²) in [5.74, 6) is 0.0878. The Morgan fingerprint density at radius 2 is 2.02 bits per heavy atom. The number of nitrogen functional groups attached to an aromatic ring is 1. The van der Waals surface area contributed by atoms with Crippen molar-refractivity contribution in [3.63, 3.8) is 0 Å². The molecular weight excluding hydrogens is 607 g/mol. The minimum Gasteiger partial charge on any atom is -0.443 e. The van der Waals surface area contributed by atoms with Gasteiger partial charge in [-0.2, -0.15) is 4.31 Å². The fraction of sp³-hybridized carbons (Fsp3) is 0.548. The molecule has 1 aromatic heterocycles. The Morgan fingerprint density at radius 3 is 2.80 bits per heavy atom. The molecule has 2 saturated heterocycles. The molecule has 13 heteroatoms. The first-order chi connectivity index (χ1) is 21.0. The molecule has 4 aliphatic rings. The summed E-state index contributed by atoms with van der Waals surface area (Å²) in [5.41, 5.74) is 7.24. The number of anilines is 1. The van der Waals surface area contributed by atoms with Crippen molar-refractivity contribution in [1.29, 1.82) is 0 Å². The van der Waals surface area contributed by atoms with Crippen LogP contribution in [0.3, 0.4) is 0 Å². The Kier molecular flexibility index (Phi) is 7.81. The second kappa shape index (κ2) is 11.5. The molecule has 2 aromatic carbocycles. The average Bonchev–Trinajstić information content (AvgIpc) is 3.47. The number of sulfonamides is 1. The largest absolute Gasteiger partial charge is 0.443 e. The van der Waals surface area contributed by atoms with E-state index in [2.05, 4.69) is 17.2 Å². The van der Waals surface area contributed by atoms with Crippen molar-refractivity contribution < 1.29 is 31.8 Å². The number of benzene rings is 2. The molecule has 4 fully saturated rings. The van der Waals surface area contributed by atoms with Gasteiger partial charge in [-0.3, -0.25) is 0 Å². The SMILES string of the molecule is CC1(CN(CC[C@H](Cc2ccc(F)cc2)NC(=O)OC2C3COC4OC2CC4C3)S(=O)(=O)c2ccc3nc(N)sc3c2)CC1. The van der Waals surface area contributed by atoms with Crippen LogP contribution >= 0.6 is 11.3 Å². The lowest BCUT2D eigenvalue weighted by atomic mass is 9.78. The number of aromatic nitrogens is 1. The van der Waals surface area contributed by atoms with Crippen molar-refractivity contribution in [3.05, 3.63) is 53.8 Å². The Morgan fingerprint density at radius 1 is 1.23 bits per heavy atom. The Hall–Kier alpha value is -2.84. The molecule has 2 saturated carbocycles. The zero-order valence-corrected chi connectivity index (χ0v) is 26.1. The smallest absolute Gasteiger partial charge is 0.407 e. The lowest BCUT2D eigenvalue weighted by molar-refractivity contribution is -0.153. The number of rotatable bonds is 11. The second-order valence-electron chi connectivity index (χ2n) is 13.0. The number of nitrogens with zero attached hydrogens (tertiary/aromatic N) is 2. The molecule has 3 heterocycles. The first kappa shape index (κ1) is 29.8.